The van der Waals surface area contributed by atoms with Gasteiger partial charge in [-0.3, -0.25) is 9.67 Å². The number of aromatic nitrogens is 5. The van der Waals surface area contributed by atoms with Crippen molar-refractivity contribution >= 4 is 33.3 Å². The van der Waals surface area contributed by atoms with Crippen molar-refractivity contribution in [2.24, 2.45) is 7.05 Å². The van der Waals surface area contributed by atoms with Gasteiger partial charge in [-0.2, -0.15) is 5.10 Å². The van der Waals surface area contributed by atoms with Crippen LogP contribution < -0.4 is 15.4 Å². The van der Waals surface area contributed by atoms with Crippen molar-refractivity contribution in [2.75, 3.05) is 32.1 Å². The Kier molecular flexibility index (Phi) is 7.71. The number of fused-ring (bicyclic) bond motifs is 2. The van der Waals surface area contributed by atoms with E-state index in [0.717, 1.165) is 17.7 Å². The molecule has 0 radical (unpaired) electrons. The Hall–Kier alpha value is -4.15. The van der Waals surface area contributed by atoms with Gasteiger partial charge in [0.25, 0.3) is 0 Å². The number of nitrogens with one attached hydrogen (secondary N) is 2. The fraction of sp³-hybridized carbons (Fsp3) is 0.286. The molecule has 0 aliphatic heterocycles. The molecule has 10 heteroatoms. The minimum Gasteiger partial charge on any atom is -0.490 e. The van der Waals surface area contributed by atoms with Crippen LogP contribution in [-0.4, -0.2) is 57.6 Å². The Morgan fingerprint density at radius 2 is 1.95 bits per heavy atom. The second-order valence-electron chi connectivity index (χ2n) is 9.05. The highest BCUT2D eigenvalue weighted by Crippen LogP contribution is 2.37. The van der Waals surface area contributed by atoms with E-state index in [9.17, 15) is 0 Å². The predicted octanol–water partition coefficient (Wildman–Crippen LogP) is 4.85. The van der Waals surface area contributed by atoms with Crippen LogP contribution >= 0.6 is 0 Å². The summed E-state index contributed by atoms with van der Waals surface area (Å²) in [5.74, 6) is 0.640. The lowest BCUT2D eigenvalue weighted by atomic mass is 10.1. The Bertz CT molecular complexity index is 1560. The maximum atomic E-state index is 15.4. The SMILES string of the molecule is CNCCOCC[C@H](C)Oc1cc(-c2cnn(C)c2)cc2ncnc(Nc3ccc4ncccc4c3F)c12. The molecule has 9 nitrogen and oxygen atoms in total. The number of hydrogen-bond acceptors (Lipinski definition) is 8. The number of rotatable bonds is 11. The van der Waals surface area contributed by atoms with Crippen molar-refractivity contribution in [3.05, 3.63) is 67.1 Å². The predicted molar refractivity (Wildman–Crippen MR) is 146 cm³/mol. The van der Waals surface area contributed by atoms with Crippen LogP contribution in [-0.2, 0) is 11.8 Å². The molecule has 38 heavy (non-hydrogen) atoms. The van der Waals surface area contributed by atoms with Crippen LogP contribution in [0.25, 0.3) is 32.9 Å². The standard InChI is InChI=1S/C28H30FN7O2/c1-18(8-11-37-12-10-30-2)38-25-14-19(20-15-34-36(3)16-20)13-24-26(25)28(33-17-32-24)35-23-7-6-22-21(27(23)29)5-4-9-31-22/h4-7,9,13-18,30H,8,10-12H2,1-3H3,(H,32,33,35)/t18-/m0/s1. The van der Waals surface area contributed by atoms with E-state index >= 15 is 4.39 Å². The zero-order valence-corrected chi connectivity index (χ0v) is 21.6. The Labute approximate surface area is 220 Å². The number of aryl methyl sites for hydroxylation is 1. The number of ether oxygens (including phenoxy) is 2. The highest BCUT2D eigenvalue weighted by atomic mass is 19.1. The van der Waals surface area contributed by atoms with Gasteiger partial charge in [-0.05, 0) is 55.9 Å². The van der Waals surface area contributed by atoms with Crippen LogP contribution in [0.2, 0.25) is 0 Å². The first kappa shape index (κ1) is 25.5. The molecule has 2 N–H and O–H groups in total. The number of anilines is 2. The smallest absolute Gasteiger partial charge is 0.156 e. The highest BCUT2D eigenvalue weighted by Gasteiger charge is 2.18. The topological polar surface area (TPSA) is 99.0 Å². The van der Waals surface area contributed by atoms with E-state index in [1.54, 1.807) is 41.3 Å². The van der Waals surface area contributed by atoms with Crippen LogP contribution in [0, 0.1) is 5.82 Å². The zero-order chi connectivity index (χ0) is 26.5. The quantitative estimate of drug-likeness (QED) is 0.241. The molecule has 0 aliphatic carbocycles. The summed E-state index contributed by atoms with van der Waals surface area (Å²) < 4.78 is 29.2. The van der Waals surface area contributed by atoms with Gasteiger partial charge in [0.2, 0.25) is 0 Å². The normalized spacial score (nSPS) is 12.2. The molecule has 5 aromatic rings. The average molecular weight is 516 g/mol. The van der Waals surface area contributed by atoms with Crippen molar-refractivity contribution in [1.29, 1.82) is 0 Å². The molecule has 5 rings (SSSR count). The molecule has 0 aliphatic rings. The maximum Gasteiger partial charge on any atom is 0.156 e. The van der Waals surface area contributed by atoms with Gasteiger partial charge in [-0.1, -0.05) is 0 Å². The number of halogens is 1. The van der Waals surface area contributed by atoms with Crippen molar-refractivity contribution in [1.82, 2.24) is 30.0 Å². The summed E-state index contributed by atoms with van der Waals surface area (Å²) >= 11 is 0. The van der Waals surface area contributed by atoms with Crippen LogP contribution in [0.3, 0.4) is 0 Å². The summed E-state index contributed by atoms with van der Waals surface area (Å²) in [7, 11) is 3.76. The van der Waals surface area contributed by atoms with Gasteiger partial charge in [-0.15, -0.1) is 0 Å². The monoisotopic (exact) mass is 515 g/mol. The first-order valence-electron chi connectivity index (χ1n) is 12.5. The van der Waals surface area contributed by atoms with Crippen LogP contribution in [0.4, 0.5) is 15.9 Å². The molecule has 0 fully saturated rings. The maximum absolute atomic E-state index is 15.4. The van der Waals surface area contributed by atoms with Gasteiger partial charge < -0.3 is 20.1 Å². The minimum atomic E-state index is -0.399. The van der Waals surface area contributed by atoms with E-state index < -0.39 is 5.82 Å². The van der Waals surface area contributed by atoms with Gasteiger partial charge in [0.05, 0.1) is 47.6 Å². The number of hydrogen-bond donors (Lipinski definition) is 2. The lowest BCUT2D eigenvalue weighted by Crippen LogP contribution is -2.18. The van der Waals surface area contributed by atoms with Crippen LogP contribution in [0.15, 0.2) is 61.3 Å². The number of benzene rings is 2. The van der Waals surface area contributed by atoms with Crippen LogP contribution in [0.5, 0.6) is 5.75 Å². The third kappa shape index (κ3) is 5.56. The summed E-state index contributed by atoms with van der Waals surface area (Å²) in [6.45, 7) is 4.00. The summed E-state index contributed by atoms with van der Waals surface area (Å²) in [6, 6.07) is 10.8. The minimum absolute atomic E-state index is 0.145. The van der Waals surface area contributed by atoms with E-state index in [1.165, 1.54) is 6.33 Å². The largest absolute Gasteiger partial charge is 0.490 e. The van der Waals surface area contributed by atoms with Crippen molar-refractivity contribution in [2.45, 2.75) is 19.4 Å². The molecule has 0 unspecified atom stereocenters. The molecule has 3 aromatic heterocycles. The van der Waals surface area contributed by atoms with E-state index in [2.05, 4.69) is 30.7 Å². The molecular weight excluding hydrogens is 485 g/mol. The molecule has 1 atom stereocenters. The Morgan fingerprint density at radius 1 is 1.05 bits per heavy atom. The molecule has 0 amide bonds. The third-order valence-electron chi connectivity index (χ3n) is 6.21. The average Bonchev–Trinajstić information content (AvgIpc) is 3.36. The van der Waals surface area contributed by atoms with E-state index in [-0.39, 0.29) is 6.10 Å². The van der Waals surface area contributed by atoms with Crippen molar-refractivity contribution in [3.63, 3.8) is 0 Å². The highest BCUT2D eigenvalue weighted by molar-refractivity contribution is 5.99. The van der Waals surface area contributed by atoms with Gasteiger partial charge in [0.1, 0.15) is 17.9 Å². The molecule has 0 bridgehead atoms. The van der Waals surface area contributed by atoms with E-state index in [1.807, 2.05) is 39.3 Å². The zero-order valence-electron chi connectivity index (χ0n) is 21.6. The van der Waals surface area contributed by atoms with E-state index in [0.29, 0.717) is 58.7 Å². The summed E-state index contributed by atoms with van der Waals surface area (Å²) in [5, 5.41) is 11.6. The first-order valence-corrected chi connectivity index (χ1v) is 12.5. The van der Waals surface area contributed by atoms with E-state index in [4.69, 9.17) is 9.47 Å². The summed E-state index contributed by atoms with van der Waals surface area (Å²) in [5.41, 5.74) is 3.38. The number of nitrogens with zero attached hydrogens (tertiary/aromatic N) is 5. The molecule has 2 aromatic carbocycles. The van der Waals surface area contributed by atoms with Crippen molar-refractivity contribution in [3.8, 4) is 16.9 Å². The Morgan fingerprint density at radius 3 is 2.76 bits per heavy atom. The van der Waals surface area contributed by atoms with Gasteiger partial charge in [0.15, 0.2) is 5.82 Å². The third-order valence-corrected chi connectivity index (χ3v) is 6.21. The fourth-order valence-electron chi connectivity index (χ4n) is 4.22. The lowest BCUT2D eigenvalue weighted by Gasteiger charge is -2.19. The van der Waals surface area contributed by atoms with Gasteiger partial charge in [-0.25, -0.2) is 14.4 Å². The number of likely N-dealkylation sites (N-methyl/N-ethyl adjacent to an activating group) is 1. The van der Waals surface area contributed by atoms with Crippen LogP contribution in [0.1, 0.15) is 13.3 Å². The molecule has 3 heterocycles. The second-order valence-corrected chi connectivity index (χ2v) is 9.05. The molecular formula is C28H30FN7O2. The molecule has 0 spiro atoms. The molecule has 0 saturated carbocycles. The second kappa shape index (κ2) is 11.5. The fourth-order valence-corrected chi connectivity index (χ4v) is 4.22. The Balaban J connectivity index is 1.52. The molecule has 0 saturated heterocycles. The van der Waals surface area contributed by atoms with Crippen molar-refractivity contribution < 1.29 is 13.9 Å². The first-order chi connectivity index (χ1) is 18.5. The van der Waals surface area contributed by atoms with Gasteiger partial charge in [0, 0.05) is 43.4 Å². The molecule has 196 valence electrons. The summed E-state index contributed by atoms with van der Waals surface area (Å²) in [4.78, 5) is 13.2. The van der Waals surface area contributed by atoms with Gasteiger partial charge >= 0.3 is 0 Å². The summed E-state index contributed by atoms with van der Waals surface area (Å²) in [6.07, 6.45) is 7.38. The lowest BCUT2D eigenvalue weighted by molar-refractivity contribution is 0.101. The number of pyridine rings is 1.